The van der Waals surface area contributed by atoms with Crippen LogP contribution in [0.4, 0.5) is 0 Å². The second-order valence-electron chi connectivity index (χ2n) is 5.95. The van der Waals surface area contributed by atoms with Crippen molar-refractivity contribution in [2.45, 2.75) is 40.2 Å². The van der Waals surface area contributed by atoms with Crippen molar-refractivity contribution in [2.24, 2.45) is 5.41 Å². The first-order chi connectivity index (χ1) is 9.11. The van der Waals surface area contributed by atoms with E-state index in [1.165, 1.54) is 0 Å². The van der Waals surface area contributed by atoms with Gasteiger partial charge < -0.3 is 10.4 Å². The molecule has 1 atom stereocenters. The number of carbonyl (C=O) groups is 2. The topological polar surface area (TPSA) is 66.4 Å². The van der Waals surface area contributed by atoms with Crippen molar-refractivity contribution in [3.63, 3.8) is 0 Å². The Kier molecular flexibility index (Phi) is 5.34. The third-order valence-electron chi connectivity index (χ3n) is 3.17. The third kappa shape index (κ3) is 4.63. The van der Waals surface area contributed by atoms with Crippen molar-refractivity contribution in [3.05, 3.63) is 33.8 Å². The lowest BCUT2D eigenvalue weighted by molar-refractivity contribution is -0.138. The zero-order valence-electron chi connectivity index (χ0n) is 12.2. The van der Waals surface area contributed by atoms with E-state index in [1.807, 2.05) is 39.8 Å². The fourth-order valence-electron chi connectivity index (χ4n) is 1.82. The minimum Gasteiger partial charge on any atom is -0.481 e. The van der Waals surface area contributed by atoms with E-state index >= 15 is 0 Å². The Balaban J connectivity index is 2.96. The quantitative estimate of drug-likeness (QED) is 0.882. The number of rotatable bonds is 4. The normalized spacial score (nSPS) is 12.8. The molecule has 0 radical (unpaired) electrons. The molecule has 0 fully saturated rings. The highest BCUT2D eigenvalue weighted by molar-refractivity contribution is 9.10. The molecular weight excluding hydrogens is 322 g/mol. The zero-order valence-corrected chi connectivity index (χ0v) is 13.7. The predicted molar refractivity (Wildman–Crippen MR) is 81.8 cm³/mol. The van der Waals surface area contributed by atoms with Crippen LogP contribution in [0.15, 0.2) is 22.7 Å². The average Bonchev–Trinajstić information content (AvgIpc) is 2.29. The van der Waals surface area contributed by atoms with Gasteiger partial charge in [0.2, 0.25) is 0 Å². The molecule has 0 aromatic heterocycles. The molecule has 0 saturated carbocycles. The Morgan fingerprint density at radius 1 is 1.35 bits per heavy atom. The molecule has 0 aliphatic carbocycles. The molecular formula is C15H20BrNO3. The number of benzene rings is 1. The van der Waals surface area contributed by atoms with Gasteiger partial charge in [0.25, 0.3) is 5.91 Å². The van der Waals surface area contributed by atoms with Crippen LogP contribution in [-0.4, -0.2) is 23.0 Å². The Morgan fingerprint density at radius 3 is 2.45 bits per heavy atom. The first kappa shape index (κ1) is 16.7. The minimum atomic E-state index is -0.920. The molecule has 110 valence electrons. The summed E-state index contributed by atoms with van der Waals surface area (Å²) < 4.78 is 0.818. The molecule has 0 bridgehead atoms. The number of amides is 1. The number of hydrogen-bond acceptors (Lipinski definition) is 2. The highest BCUT2D eigenvalue weighted by Crippen LogP contribution is 2.23. The predicted octanol–water partition coefficient (Wildman–Crippen LogP) is 3.38. The fourth-order valence-corrected chi connectivity index (χ4v) is 2.18. The van der Waals surface area contributed by atoms with Gasteiger partial charge in [-0.05, 0) is 30.0 Å². The molecule has 1 aromatic rings. The second-order valence-corrected chi connectivity index (χ2v) is 6.86. The average molecular weight is 342 g/mol. The van der Waals surface area contributed by atoms with Crippen LogP contribution >= 0.6 is 15.9 Å². The third-order valence-corrected chi connectivity index (χ3v) is 3.67. The SMILES string of the molecule is Cc1ccc(Br)cc1C(=O)NC(CC(=O)O)C(C)(C)C. The number of carbonyl (C=O) groups excluding carboxylic acids is 1. The van der Waals surface area contributed by atoms with Gasteiger partial charge in [-0.2, -0.15) is 0 Å². The standard InChI is InChI=1S/C15H20BrNO3/c1-9-5-6-10(16)7-11(9)14(20)17-12(8-13(18)19)15(2,3)4/h5-7,12H,8H2,1-4H3,(H,17,20)(H,18,19). The summed E-state index contributed by atoms with van der Waals surface area (Å²) in [5, 5.41) is 11.8. The zero-order chi connectivity index (χ0) is 15.5. The van der Waals surface area contributed by atoms with Crippen molar-refractivity contribution in [1.82, 2.24) is 5.32 Å². The van der Waals surface area contributed by atoms with Crippen molar-refractivity contribution < 1.29 is 14.7 Å². The van der Waals surface area contributed by atoms with Crippen molar-refractivity contribution in [3.8, 4) is 0 Å². The lowest BCUT2D eigenvalue weighted by atomic mass is 9.84. The van der Waals surface area contributed by atoms with Gasteiger partial charge in [-0.3, -0.25) is 9.59 Å². The number of hydrogen-bond donors (Lipinski definition) is 2. The van der Waals surface area contributed by atoms with Gasteiger partial charge in [0.15, 0.2) is 0 Å². The molecule has 0 spiro atoms. The Labute approximate surface area is 127 Å². The minimum absolute atomic E-state index is 0.0949. The summed E-state index contributed by atoms with van der Waals surface area (Å²) in [4.78, 5) is 23.3. The van der Waals surface area contributed by atoms with Gasteiger partial charge >= 0.3 is 5.97 Å². The summed E-state index contributed by atoms with van der Waals surface area (Å²) in [6, 6.07) is 5.03. The Hall–Kier alpha value is -1.36. The van der Waals surface area contributed by atoms with E-state index in [0.717, 1.165) is 10.0 Å². The molecule has 0 heterocycles. The summed E-state index contributed by atoms with van der Waals surface area (Å²) in [5.74, 6) is -1.17. The van der Waals surface area contributed by atoms with E-state index in [2.05, 4.69) is 21.2 Å². The van der Waals surface area contributed by atoms with Crippen molar-refractivity contribution in [2.75, 3.05) is 0 Å². The first-order valence-corrected chi connectivity index (χ1v) is 7.19. The Bertz CT molecular complexity index is 520. The highest BCUT2D eigenvalue weighted by atomic mass is 79.9. The van der Waals surface area contributed by atoms with Gasteiger partial charge in [-0.25, -0.2) is 0 Å². The summed E-state index contributed by atoms with van der Waals surface area (Å²) >= 11 is 3.34. The van der Waals surface area contributed by atoms with Crippen LogP contribution in [0.1, 0.15) is 43.1 Å². The van der Waals surface area contributed by atoms with Crippen LogP contribution in [-0.2, 0) is 4.79 Å². The van der Waals surface area contributed by atoms with Crippen molar-refractivity contribution >= 4 is 27.8 Å². The largest absolute Gasteiger partial charge is 0.481 e. The maximum atomic E-state index is 12.3. The summed E-state index contributed by atoms with van der Waals surface area (Å²) in [6.07, 6.45) is -0.0949. The molecule has 1 unspecified atom stereocenters. The highest BCUT2D eigenvalue weighted by Gasteiger charge is 2.29. The van der Waals surface area contributed by atoms with E-state index in [0.29, 0.717) is 5.56 Å². The Morgan fingerprint density at radius 2 is 1.95 bits per heavy atom. The van der Waals surface area contributed by atoms with E-state index in [9.17, 15) is 9.59 Å². The van der Waals surface area contributed by atoms with Crippen LogP contribution < -0.4 is 5.32 Å². The molecule has 1 rings (SSSR count). The van der Waals surface area contributed by atoms with Gasteiger partial charge in [0.1, 0.15) is 0 Å². The molecule has 4 nitrogen and oxygen atoms in total. The molecule has 0 aliphatic heterocycles. The molecule has 20 heavy (non-hydrogen) atoms. The summed E-state index contributed by atoms with van der Waals surface area (Å²) in [6.45, 7) is 7.59. The second kappa shape index (κ2) is 6.39. The van der Waals surface area contributed by atoms with E-state index in [1.54, 1.807) is 6.07 Å². The monoisotopic (exact) mass is 341 g/mol. The van der Waals surface area contributed by atoms with E-state index < -0.39 is 12.0 Å². The van der Waals surface area contributed by atoms with Crippen LogP contribution in [0, 0.1) is 12.3 Å². The summed E-state index contributed by atoms with van der Waals surface area (Å²) in [5.41, 5.74) is 1.08. The van der Waals surface area contributed by atoms with Crippen LogP contribution in [0.5, 0.6) is 0 Å². The van der Waals surface area contributed by atoms with Crippen molar-refractivity contribution in [1.29, 1.82) is 0 Å². The number of nitrogens with one attached hydrogen (secondary N) is 1. The number of halogens is 1. The van der Waals surface area contributed by atoms with E-state index in [-0.39, 0.29) is 17.7 Å². The number of aliphatic carboxylic acids is 1. The van der Waals surface area contributed by atoms with Crippen LogP contribution in [0.2, 0.25) is 0 Å². The molecule has 1 aromatic carbocycles. The lowest BCUT2D eigenvalue weighted by Gasteiger charge is -2.30. The molecule has 0 saturated heterocycles. The number of carboxylic acid groups (broad SMARTS) is 1. The molecule has 0 aliphatic rings. The maximum Gasteiger partial charge on any atom is 0.305 e. The lowest BCUT2D eigenvalue weighted by Crippen LogP contribution is -2.45. The van der Waals surface area contributed by atoms with Gasteiger partial charge in [0, 0.05) is 16.1 Å². The first-order valence-electron chi connectivity index (χ1n) is 6.40. The van der Waals surface area contributed by atoms with Gasteiger partial charge in [-0.15, -0.1) is 0 Å². The van der Waals surface area contributed by atoms with E-state index in [4.69, 9.17) is 5.11 Å². The smallest absolute Gasteiger partial charge is 0.305 e. The van der Waals surface area contributed by atoms with Gasteiger partial charge in [0.05, 0.1) is 6.42 Å². The number of carboxylic acids is 1. The maximum absolute atomic E-state index is 12.3. The fraction of sp³-hybridized carbons (Fsp3) is 0.467. The number of aryl methyl sites for hydroxylation is 1. The molecule has 5 heteroatoms. The summed E-state index contributed by atoms with van der Waals surface area (Å²) in [7, 11) is 0. The molecule has 1 amide bonds. The molecule has 2 N–H and O–H groups in total. The van der Waals surface area contributed by atoms with Gasteiger partial charge in [-0.1, -0.05) is 42.8 Å². The van der Waals surface area contributed by atoms with Crippen LogP contribution in [0.25, 0.3) is 0 Å². The van der Waals surface area contributed by atoms with Crippen LogP contribution in [0.3, 0.4) is 0 Å².